The molecule has 84 valence electrons. The highest BCUT2D eigenvalue weighted by Crippen LogP contribution is 2.26. The van der Waals surface area contributed by atoms with Crippen LogP contribution in [-0.4, -0.2) is 5.28 Å². The number of unbranched alkanes of at least 4 members (excludes halogenated alkanes) is 6. The smallest absolute Gasteiger partial charge is 0.113 e. The molecule has 0 aliphatic heterocycles. The maximum absolute atomic E-state index is 10.4. The van der Waals surface area contributed by atoms with Gasteiger partial charge in [-0.3, -0.25) is 0 Å². The van der Waals surface area contributed by atoms with Crippen LogP contribution in [0.15, 0.2) is 5.18 Å². The van der Waals surface area contributed by atoms with Crippen molar-refractivity contribution in [3.63, 3.8) is 0 Å². The Morgan fingerprint density at radius 2 is 1.57 bits per heavy atom. The van der Waals surface area contributed by atoms with Crippen molar-refractivity contribution in [2.75, 3.05) is 0 Å². The molecule has 0 N–H and O–H groups in total. The number of rotatable bonds is 9. The summed E-state index contributed by atoms with van der Waals surface area (Å²) in [5.41, 5.74) is 0. The van der Waals surface area contributed by atoms with Crippen molar-refractivity contribution in [2.45, 2.75) is 70.5 Å². The molecular formula is C11H24NOP. The highest BCUT2D eigenvalue weighted by molar-refractivity contribution is 7.18. The van der Waals surface area contributed by atoms with Crippen LogP contribution in [0.5, 0.6) is 0 Å². The second-order valence-electron chi connectivity index (χ2n) is 4.32. The van der Waals surface area contributed by atoms with Crippen molar-refractivity contribution in [1.29, 1.82) is 0 Å². The second kappa shape index (κ2) is 8.35. The van der Waals surface area contributed by atoms with Gasteiger partial charge in [-0.05, 0) is 13.3 Å². The summed E-state index contributed by atoms with van der Waals surface area (Å²) in [6.45, 7) is 4.11. The lowest BCUT2D eigenvalue weighted by Crippen LogP contribution is -2.09. The maximum Gasteiger partial charge on any atom is 0.113 e. The lowest BCUT2D eigenvalue weighted by Gasteiger charge is -2.13. The van der Waals surface area contributed by atoms with Gasteiger partial charge in [-0.1, -0.05) is 57.0 Å². The minimum Gasteiger partial charge on any atom is -0.150 e. The molecule has 0 spiro atoms. The summed E-state index contributed by atoms with van der Waals surface area (Å²) >= 11 is 0. The number of hydrogen-bond donors (Lipinski definition) is 0. The van der Waals surface area contributed by atoms with Crippen LogP contribution in [0.1, 0.15) is 65.2 Å². The van der Waals surface area contributed by atoms with Crippen LogP contribution in [0.2, 0.25) is 0 Å². The number of nitroso groups, excluding NO2 is 1. The van der Waals surface area contributed by atoms with E-state index in [0.717, 1.165) is 12.8 Å². The van der Waals surface area contributed by atoms with Crippen molar-refractivity contribution < 1.29 is 0 Å². The van der Waals surface area contributed by atoms with Gasteiger partial charge >= 0.3 is 0 Å². The van der Waals surface area contributed by atoms with Crippen LogP contribution in [0.3, 0.4) is 0 Å². The third kappa shape index (κ3) is 8.62. The van der Waals surface area contributed by atoms with E-state index in [4.69, 9.17) is 0 Å². The largest absolute Gasteiger partial charge is 0.150 e. The number of hydrogen-bond acceptors (Lipinski definition) is 2. The summed E-state index contributed by atoms with van der Waals surface area (Å²) in [5.74, 6) is 0. The van der Waals surface area contributed by atoms with Gasteiger partial charge in [0.1, 0.15) is 5.28 Å². The Morgan fingerprint density at radius 3 is 2.07 bits per heavy atom. The molecule has 0 amide bonds. The summed E-state index contributed by atoms with van der Waals surface area (Å²) in [5, 5.41) is 2.65. The molecule has 0 saturated carbocycles. The van der Waals surface area contributed by atoms with Crippen LogP contribution < -0.4 is 0 Å². The molecule has 0 aromatic heterocycles. The zero-order chi connectivity index (χ0) is 10.9. The third-order valence-corrected chi connectivity index (χ3v) is 2.89. The monoisotopic (exact) mass is 217 g/mol. The van der Waals surface area contributed by atoms with Crippen molar-refractivity contribution >= 4 is 9.24 Å². The summed E-state index contributed by atoms with van der Waals surface area (Å²) in [7, 11) is 2.53. The van der Waals surface area contributed by atoms with Crippen LogP contribution in [-0.2, 0) is 0 Å². The molecule has 0 heterocycles. The predicted octanol–water partition coefficient (Wildman–Crippen LogP) is 4.48. The Bertz CT molecular complexity index is 148. The van der Waals surface area contributed by atoms with E-state index in [1.165, 1.54) is 38.5 Å². The fourth-order valence-corrected chi connectivity index (χ4v) is 1.69. The zero-order valence-electron chi connectivity index (χ0n) is 9.59. The zero-order valence-corrected chi connectivity index (χ0v) is 10.7. The Labute approximate surface area is 90.4 Å². The van der Waals surface area contributed by atoms with Crippen LogP contribution in [0.25, 0.3) is 0 Å². The van der Waals surface area contributed by atoms with Crippen molar-refractivity contribution in [3.05, 3.63) is 4.91 Å². The lowest BCUT2D eigenvalue weighted by atomic mass is 10.1. The van der Waals surface area contributed by atoms with E-state index < -0.39 is 5.28 Å². The Kier molecular flexibility index (Phi) is 8.37. The number of nitrogens with zero attached hydrogens (tertiary/aromatic N) is 1. The van der Waals surface area contributed by atoms with Gasteiger partial charge in [-0.15, -0.1) is 14.1 Å². The van der Waals surface area contributed by atoms with Gasteiger partial charge < -0.3 is 0 Å². The molecule has 0 aromatic rings. The Morgan fingerprint density at radius 1 is 1.07 bits per heavy atom. The Hall–Kier alpha value is 0.0300. The van der Waals surface area contributed by atoms with Crippen LogP contribution in [0, 0.1) is 4.91 Å². The minimum atomic E-state index is -0.427. The van der Waals surface area contributed by atoms with Crippen LogP contribution >= 0.6 is 9.24 Å². The quantitative estimate of drug-likeness (QED) is 0.318. The first-order valence-corrected chi connectivity index (χ1v) is 6.33. The molecule has 0 aromatic carbocycles. The van der Waals surface area contributed by atoms with Crippen molar-refractivity contribution in [1.82, 2.24) is 0 Å². The van der Waals surface area contributed by atoms with E-state index in [1.807, 2.05) is 6.92 Å². The summed E-state index contributed by atoms with van der Waals surface area (Å²) in [4.78, 5) is 10.4. The first-order valence-electron chi connectivity index (χ1n) is 5.76. The summed E-state index contributed by atoms with van der Waals surface area (Å²) in [6.07, 6.45) is 9.93. The van der Waals surface area contributed by atoms with E-state index in [1.54, 1.807) is 0 Å². The second-order valence-corrected chi connectivity index (χ2v) is 5.56. The van der Waals surface area contributed by atoms with Gasteiger partial charge in [0, 0.05) is 0 Å². The predicted molar refractivity (Wildman–Crippen MR) is 66.5 cm³/mol. The highest BCUT2D eigenvalue weighted by Gasteiger charge is 2.16. The molecule has 14 heavy (non-hydrogen) atoms. The average molecular weight is 217 g/mol. The molecule has 0 bridgehead atoms. The van der Waals surface area contributed by atoms with Crippen LogP contribution in [0.4, 0.5) is 0 Å². The molecule has 0 rings (SSSR count). The maximum atomic E-state index is 10.4. The van der Waals surface area contributed by atoms with Crippen molar-refractivity contribution in [3.8, 4) is 0 Å². The fourth-order valence-electron chi connectivity index (χ4n) is 1.49. The van der Waals surface area contributed by atoms with Gasteiger partial charge in [0.05, 0.1) is 0 Å². The lowest BCUT2D eigenvalue weighted by molar-refractivity contribution is 0.524. The van der Waals surface area contributed by atoms with E-state index in [-0.39, 0.29) is 0 Å². The molecule has 2 atom stereocenters. The van der Waals surface area contributed by atoms with Gasteiger partial charge in [-0.25, -0.2) is 0 Å². The molecule has 0 fully saturated rings. The van der Waals surface area contributed by atoms with E-state index in [0.29, 0.717) is 0 Å². The Balaban J connectivity index is 3.17. The van der Waals surface area contributed by atoms with Gasteiger partial charge in [0.15, 0.2) is 0 Å². The minimum absolute atomic E-state index is 0.427. The van der Waals surface area contributed by atoms with Gasteiger partial charge in [-0.2, -0.15) is 0 Å². The van der Waals surface area contributed by atoms with Gasteiger partial charge in [0.25, 0.3) is 0 Å². The van der Waals surface area contributed by atoms with E-state index in [9.17, 15) is 4.91 Å². The first kappa shape index (κ1) is 14.0. The topological polar surface area (TPSA) is 29.4 Å². The molecular weight excluding hydrogens is 193 g/mol. The molecule has 2 unspecified atom stereocenters. The summed E-state index contributed by atoms with van der Waals surface area (Å²) < 4.78 is 0. The highest BCUT2D eigenvalue weighted by atomic mass is 31.0. The standard InChI is InChI=1S/C11H24NOP/c1-3-4-5-6-7-8-9-10-11(2,14)12-13/h3-10,14H2,1-2H3. The SMILES string of the molecule is CCCCCCCCCC(C)(P)N=O. The molecule has 0 aliphatic rings. The fraction of sp³-hybridized carbons (Fsp3) is 1.00. The van der Waals surface area contributed by atoms with Crippen molar-refractivity contribution in [2.24, 2.45) is 5.18 Å². The normalized spacial score (nSPS) is 15.1. The first-order chi connectivity index (χ1) is 6.62. The molecule has 3 heteroatoms. The molecule has 0 aliphatic carbocycles. The van der Waals surface area contributed by atoms with E-state index in [2.05, 4.69) is 21.3 Å². The third-order valence-electron chi connectivity index (χ3n) is 2.50. The van der Waals surface area contributed by atoms with Gasteiger partial charge in [0.2, 0.25) is 0 Å². The average Bonchev–Trinajstić information content (AvgIpc) is 2.16. The molecule has 0 saturated heterocycles. The molecule has 0 radical (unpaired) electrons. The summed E-state index contributed by atoms with van der Waals surface area (Å²) in [6, 6.07) is 0. The van der Waals surface area contributed by atoms with E-state index >= 15 is 0 Å². The molecule has 2 nitrogen and oxygen atoms in total.